The summed E-state index contributed by atoms with van der Waals surface area (Å²) < 4.78 is 37.7. The van der Waals surface area contributed by atoms with Crippen LogP contribution in [0.3, 0.4) is 0 Å². The second kappa shape index (κ2) is 16.3. The van der Waals surface area contributed by atoms with Crippen molar-refractivity contribution < 1.29 is 28.4 Å². The number of ether oxygens (including phenoxy) is 6. The molecule has 0 saturated carbocycles. The minimum absolute atomic E-state index is 0.452. The monoisotopic (exact) mass is 536 g/mol. The highest BCUT2D eigenvalue weighted by atomic mass is 32.2. The Morgan fingerprint density at radius 3 is 1.44 bits per heavy atom. The van der Waals surface area contributed by atoms with Gasteiger partial charge in [-0.1, -0.05) is 24.4 Å². The maximum atomic E-state index is 5.80. The minimum atomic E-state index is 0.452. The van der Waals surface area contributed by atoms with Crippen molar-refractivity contribution in [1.82, 2.24) is 0 Å². The highest BCUT2D eigenvalue weighted by Crippen LogP contribution is 2.40. The number of hydrogen-bond acceptors (Lipinski definition) is 11. The summed E-state index contributed by atoms with van der Waals surface area (Å²) in [6.45, 7) is 5.47. The SMILES string of the molecule is S=c1sc2c(s1)SCCOCCOCCOc1ccccc1OCCOCCOCCS2. The Morgan fingerprint density at radius 2 is 0.969 bits per heavy atom. The fraction of sp³-hybridized carbons (Fsp3) is 0.571. The molecule has 32 heavy (non-hydrogen) atoms. The van der Waals surface area contributed by atoms with Crippen molar-refractivity contribution in [3.8, 4) is 11.5 Å². The number of rotatable bonds is 0. The largest absolute Gasteiger partial charge is 0.487 e. The van der Waals surface area contributed by atoms with E-state index in [1.54, 1.807) is 46.2 Å². The number of hydrogen-bond donors (Lipinski definition) is 0. The van der Waals surface area contributed by atoms with Crippen LogP contribution in [-0.2, 0) is 18.9 Å². The van der Waals surface area contributed by atoms with Gasteiger partial charge in [0, 0.05) is 11.5 Å². The molecule has 0 atom stereocenters. The molecular weight excluding hydrogens is 509 g/mol. The molecule has 0 radical (unpaired) electrons. The molecule has 11 heteroatoms. The summed E-state index contributed by atoms with van der Waals surface area (Å²) >= 11 is 12.4. The van der Waals surface area contributed by atoms with Crippen LogP contribution in [0.2, 0.25) is 0 Å². The third kappa shape index (κ3) is 10.3. The van der Waals surface area contributed by atoms with E-state index in [0.717, 1.165) is 14.6 Å². The van der Waals surface area contributed by atoms with Crippen molar-refractivity contribution in [1.29, 1.82) is 0 Å². The van der Waals surface area contributed by atoms with Crippen LogP contribution in [0.1, 0.15) is 0 Å². The first-order valence-corrected chi connectivity index (χ1v) is 14.4. The summed E-state index contributed by atoms with van der Waals surface area (Å²) in [5.41, 5.74) is 0. The second-order valence-corrected chi connectivity index (χ2v) is 12.3. The van der Waals surface area contributed by atoms with Crippen LogP contribution in [0.4, 0.5) is 0 Å². The van der Waals surface area contributed by atoms with Gasteiger partial charge < -0.3 is 28.4 Å². The molecule has 0 saturated heterocycles. The highest BCUT2D eigenvalue weighted by molar-refractivity contribution is 8.05. The third-order valence-electron chi connectivity index (χ3n) is 4.00. The molecule has 0 N–H and O–H groups in total. The maximum Gasteiger partial charge on any atom is 0.161 e. The lowest BCUT2D eigenvalue weighted by Gasteiger charge is -2.13. The van der Waals surface area contributed by atoms with E-state index in [4.69, 9.17) is 40.6 Å². The van der Waals surface area contributed by atoms with Gasteiger partial charge in [-0.15, -0.1) is 46.2 Å². The van der Waals surface area contributed by atoms with Crippen molar-refractivity contribution in [3.05, 3.63) is 27.4 Å². The normalized spacial score (nSPS) is 18.9. The molecule has 1 aliphatic rings. The van der Waals surface area contributed by atoms with Gasteiger partial charge in [0.25, 0.3) is 0 Å². The van der Waals surface area contributed by atoms with Crippen LogP contribution < -0.4 is 9.47 Å². The molecule has 2 aromatic rings. The molecule has 3 rings (SSSR count). The van der Waals surface area contributed by atoms with Crippen molar-refractivity contribution in [2.24, 2.45) is 0 Å². The fourth-order valence-corrected chi connectivity index (χ4v) is 8.53. The molecule has 2 heterocycles. The van der Waals surface area contributed by atoms with Gasteiger partial charge in [-0.3, -0.25) is 0 Å². The van der Waals surface area contributed by atoms with Crippen LogP contribution >= 0.6 is 58.4 Å². The van der Waals surface area contributed by atoms with Crippen molar-refractivity contribution in [3.63, 3.8) is 0 Å². The Balaban J connectivity index is 1.45. The maximum absolute atomic E-state index is 5.80. The smallest absolute Gasteiger partial charge is 0.161 e. The van der Waals surface area contributed by atoms with Crippen molar-refractivity contribution in [2.75, 3.05) is 77.6 Å². The van der Waals surface area contributed by atoms with Gasteiger partial charge in [-0.2, -0.15) is 0 Å². The summed E-state index contributed by atoms with van der Waals surface area (Å²) in [6.07, 6.45) is 0. The van der Waals surface area contributed by atoms with E-state index in [0.29, 0.717) is 77.6 Å². The summed E-state index contributed by atoms with van der Waals surface area (Å²) in [7, 11) is 0. The van der Waals surface area contributed by atoms with Gasteiger partial charge >= 0.3 is 0 Å². The molecule has 0 unspecified atom stereocenters. The summed E-state index contributed by atoms with van der Waals surface area (Å²) in [4.78, 5) is 0. The van der Waals surface area contributed by atoms with Gasteiger partial charge in [0.1, 0.15) is 16.4 Å². The van der Waals surface area contributed by atoms with Crippen LogP contribution in [0, 0.1) is 3.14 Å². The fourth-order valence-electron chi connectivity index (χ4n) is 2.57. The summed E-state index contributed by atoms with van der Waals surface area (Å²) in [5, 5.41) is 0. The Hall–Kier alpha value is -0.370. The standard InChI is InChI=1S/C21H28O6S5/c28-21-31-19-20(32-21)30-16-14-25-8-6-23-10-12-27-18-4-2-1-3-17(18)26-11-9-22-5-7-24-13-15-29-19/h1-4H,5-16H2. The van der Waals surface area contributed by atoms with E-state index in [2.05, 4.69) is 0 Å². The van der Waals surface area contributed by atoms with Crippen LogP contribution in [-0.4, -0.2) is 77.6 Å². The lowest BCUT2D eigenvalue weighted by atomic mass is 10.3. The summed E-state index contributed by atoms with van der Waals surface area (Å²) in [5.74, 6) is 3.19. The van der Waals surface area contributed by atoms with Gasteiger partial charge in [0.15, 0.2) is 11.5 Å². The van der Waals surface area contributed by atoms with E-state index in [1.165, 1.54) is 8.42 Å². The van der Waals surface area contributed by atoms with E-state index in [-0.39, 0.29) is 0 Å². The van der Waals surface area contributed by atoms with Crippen molar-refractivity contribution in [2.45, 2.75) is 8.42 Å². The first-order chi connectivity index (χ1) is 15.8. The highest BCUT2D eigenvalue weighted by Gasteiger charge is 2.09. The van der Waals surface area contributed by atoms with Crippen molar-refractivity contribution >= 4 is 58.4 Å². The molecule has 1 aliphatic heterocycles. The van der Waals surface area contributed by atoms with E-state index < -0.39 is 0 Å². The average molecular weight is 537 g/mol. The van der Waals surface area contributed by atoms with Gasteiger partial charge in [0.05, 0.1) is 61.3 Å². The molecule has 0 spiro atoms. The third-order valence-corrected chi connectivity index (χ3v) is 9.51. The predicted molar refractivity (Wildman–Crippen MR) is 135 cm³/mol. The molecule has 1 aromatic heterocycles. The lowest BCUT2D eigenvalue weighted by molar-refractivity contribution is 0.0376. The first kappa shape index (κ1) is 26.2. The molecule has 6 nitrogen and oxygen atoms in total. The molecule has 0 aliphatic carbocycles. The Labute approximate surface area is 210 Å². The molecule has 1 aromatic carbocycles. The lowest BCUT2D eigenvalue weighted by Crippen LogP contribution is -2.13. The van der Waals surface area contributed by atoms with Gasteiger partial charge in [0.2, 0.25) is 0 Å². The molecule has 0 amide bonds. The van der Waals surface area contributed by atoms with E-state index >= 15 is 0 Å². The van der Waals surface area contributed by atoms with E-state index in [1.807, 2.05) is 24.3 Å². The Kier molecular flexibility index (Phi) is 13.4. The van der Waals surface area contributed by atoms with Crippen LogP contribution in [0.15, 0.2) is 32.7 Å². The number of benzene rings is 1. The summed E-state index contributed by atoms with van der Waals surface area (Å²) in [6, 6.07) is 7.62. The zero-order chi connectivity index (χ0) is 22.3. The van der Waals surface area contributed by atoms with Gasteiger partial charge in [-0.25, -0.2) is 0 Å². The average Bonchev–Trinajstić information content (AvgIpc) is 3.15. The molecule has 0 bridgehead atoms. The Bertz CT molecular complexity index is 764. The zero-order valence-corrected chi connectivity index (χ0v) is 21.9. The molecule has 0 fully saturated rings. The molecule has 178 valence electrons. The Morgan fingerprint density at radius 1 is 0.562 bits per heavy atom. The number of thioether (sulfide) groups is 2. The van der Waals surface area contributed by atoms with E-state index in [9.17, 15) is 0 Å². The van der Waals surface area contributed by atoms with Gasteiger partial charge in [-0.05, 0) is 12.1 Å². The van der Waals surface area contributed by atoms with Crippen LogP contribution in [0.5, 0.6) is 11.5 Å². The quantitative estimate of drug-likeness (QED) is 0.420. The number of fused-ring (bicyclic) bond motifs is 2. The first-order valence-electron chi connectivity index (χ1n) is 10.4. The predicted octanol–water partition coefficient (Wildman–Crippen LogP) is 5.26. The molecular formula is C21H28O6S5. The second-order valence-electron chi connectivity index (χ2n) is 6.32. The van der Waals surface area contributed by atoms with Crippen LogP contribution in [0.25, 0.3) is 0 Å². The minimum Gasteiger partial charge on any atom is -0.487 e. The zero-order valence-electron chi connectivity index (χ0n) is 17.8. The number of para-hydroxylation sites is 2. The topological polar surface area (TPSA) is 55.4 Å².